The van der Waals surface area contributed by atoms with Crippen LogP contribution in [-0.4, -0.2) is 60.2 Å². The predicted molar refractivity (Wildman–Crippen MR) is 75.5 cm³/mol. The van der Waals surface area contributed by atoms with Crippen molar-refractivity contribution in [1.29, 1.82) is 0 Å². The van der Waals surface area contributed by atoms with Crippen LogP contribution in [0.1, 0.15) is 13.8 Å². The fraction of sp³-hybridized carbons (Fsp3) is 0.692. The zero-order valence-electron chi connectivity index (χ0n) is 12.0. The van der Waals surface area contributed by atoms with Crippen molar-refractivity contribution in [2.24, 2.45) is 5.73 Å². The highest BCUT2D eigenvalue weighted by molar-refractivity contribution is 5.41. The Morgan fingerprint density at radius 1 is 1.26 bits per heavy atom. The van der Waals surface area contributed by atoms with E-state index in [4.69, 9.17) is 10.5 Å². The average Bonchev–Trinajstić information content (AvgIpc) is 2.47. The van der Waals surface area contributed by atoms with Crippen molar-refractivity contribution in [3.8, 4) is 5.88 Å². The van der Waals surface area contributed by atoms with Crippen molar-refractivity contribution in [3.05, 3.63) is 12.4 Å². The van der Waals surface area contributed by atoms with E-state index in [1.54, 1.807) is 13.4 Å². The summed E-state index contributed by atoms with van der Waals surface area (Å²) >= 11 is 0. The maximum atomic E-state index is 5.83. The van der Waals surface area contributed by atoms with Crippen molar-refractivity contribution >= 4 is 5.82 Å². The van der Waals surface area contributed by atoms with E-state index in [9.17, 15) is 0 Å². The summed E-state index contributed by atoms with van der Waals surface area (Å²) in [5.41, 5.74) is 5.89. The molecule has 0 bridgehead atoms. The molecule has 0 amide bonds. The van der Waals surface area contributed by atoms with Gasteiger partial charge in [-0.05, 0) is 13.8 Å². The summed E-state index contributed by atoms with van der Waals surface area (Å²) in [6.07, 6.45) is 1.55. The van der Waals surface area contributed by atoms with Gasteiger partial charge in [-0.1, -0.05) is 0 Å². The number of anilines is 1. The number of hydrogen-bond donors (Lipinski definition) is 1. The summed E-state index contributed by atoms with van der Waals surface area (Å²) < 4.78 is 5.13. The Morgan fingerprint density at radius 3 is 2.53 bits per heavy atom. The first-order chi connectivity index (χ1) is 9.06. The van der Waals surface area contributed by atoms with Gasteiger partial charge in [0, 0.05) is 44.3 Å². The summed E-state index contributed by atoms with van der Waals surface area (Å²) in [6.45, 7) is 8.95. The molecular formula is C13H23N5O. The number of nitrogens with zero attached hydrogens (tertiary/aromatic N) is 4. The van der Waals surface area contributed by atoms with E-state index in [0.29, 0.717) is 12.4 Å². The van der Waals surface area contributed by atoms with Crippen LogP contribution in [0.15, 0.2) is 12.4 Å². The van der Waals surface area contributed by atoms with Crippen molar-refractivity contribution in [3.63, 3.8) is 0 Å². The Labute approximate surface area is 114 Å². The van der Waals surface area contributed by atoms with E-state index in [2.05, 4.69) is 33.6 Å². The highest BCUT2D eigenvalue weighted by Gasteiger charge is 2.29. The zero-order chi connectivity index (χ0) is 13.9. The van der Waals surface area contributed by atoms with E-state index in [0.717, 1.165) is 32.0 Å². The van der Waals surface area contributed by atoms with E-state index in [1.807, 2.05) is 6.07 Å². The van der Waals surface area contributed by atoms with Crippen LogP contribution < -0.4 is 15.4 Å². The van der Waals surface area contributed by atoms with Crippen molar-refractivity contribution in [2.75, 3.05) is 44.7 Å². The Kier molecular flexibility index (Phi) is 4.21. The summed E-state index contributed by atoms with van der Waals surface area (Å²) in [6, 6.07) is 1.88. The van der Waals surface area contributed by atoms with Gasteiger partial charge in [0.05, 0.1) is 7.11 Å². The van der Waals surface area contributed by atoms with Crippen LogP contribution in [0.3, 0.4) is 0 Å². The SMILES string of the molecule is COc1cc(N2CCN(C(C)(C)CN)CC2)ncn1. The standard InChI is InChI=1S/C13H23N5O/c1-13(2,9-14)18-6-4-17(5-7-18)11-8-12(19-3)16-10-15-11/h8,10H,4-7,9,14H2,1-3H3. The Hall–Kier alpha value is -1.40. The molecular weight excluding hydrogens is 242 g/mol. The molecule has 0 aliphatic carbocycles. The van der Waals surface area contributed by atoms with Gasteiger partial charge in [-0.2, -0.15) is 0 Å². The van der Waals surface area contributed by atoms with Crippen molar-refractivity contribution in [2.45, 2.75) is 19.4 Å². The molecule has 0 unspecified atom stereocenters. The highest BCUT2D eigenvalue weighted by Crippen LogP contribution is 2.20. The second-order valence-electron chi connectivity index (χ2n) is 5.41. The maximum Gasteiger partial charge on any atom is 0.218 e. The fourth-order valence-electron chi connectivity index (χ4n) is 2.28. The maximum absolute atomic E-state index is 5.83. The van der Waals surface area contributed by atoms with Crippen LogP contribution >= 0.6 is 0 Å². The number of ether oxygens (including phenoxy) is 1. The quantitative estimate of drug-likeness (QED) is 0.847. The van der Waals surface area contributed by atoms with Crippen LogP contribution in [0.5, 0.6) is 5.88 Å². The zero-order valence-corrected chi connectivity index (χ0v) is 12.0. The topological polar surface area (TPSA) is 67.5 Å². The number of piperazine rings is 1. The van der Waals surface area contributed by atoms with Crippen LogP contribution in [-0.2, 0) is 0 Å². The minimum Gasteiger partial charge on any atom is -0.481 e. The Balaban J connectivity index is 1.99. The summed E-state index contributed by atoms with van der Waals surface area (Å²) in [5.74, 6) is 1.53. The van der Waals surface area contributed by atoms with Gasteiger partial charge in [0.1, 0.15) is 12.1 Å². The van der Waals surface area contributed by atoms with Crippen LogP contribution in [0.25, 0.3) is 0 Å². The van der Waals surface area contributed by atoms with E-state index in [-0.39, 0.29) is 5.54 Å². The van der Waals surface area contributed by atoms with Gasteiger partial charge in [-0.3, -0.25) is 4.90 Å². The highest BCUT2D eigenvalue weighted by atomic mass is 16.5. The first-order valence-corrected chi connectivity index (χ1v) is 6.63. The minimum atomic E-state index is 0.0649. The van der Waals surface area contributed by atoms with Gasteiger partial charge in [-0.25, -0.2) is 9.97 Å². The van der Waals surface area contributed by atoms with Crippen molar-refractivity contribution < 1.29 is 4.74 Å². The van der Waals surface area contributed by atoms with Gasteiger partial charge in [0.15, 0.2) is 0 Å². The smallest absolute Gasteiger partial charge is 0.218 e. The molecule has 6 nitrogen and oxygen atoms in total. The van der Waals surface area contributed by atoms with E-state index < -0.39 is 0 Å². The summed E-state index contributed by atoms with van der Waals surface area (Å²) in [7, 11) is 1.62. The molecule has 0 radical (unpaired) electrons. The lowest BCUT2D eigenvalue weighted by Crippen LogP contribution is -2.57. The Bertz CT molecular complexity index is 415. The van der Waals surface area contributed by atoms with E-state index in [1.165, 1.54) is 0 Å². The van der Waals surface area contributed by atoms with Crippen molar-refractivity contribution in [1.82, 2.24) is 14.9 Å². The lowest BCUT2D eigenvalue weighted by Gasteiger charge is -2.43. The molecule has 0 atom stereocenters. The number of methoxy groups -OCH3 is 1. The largest absolute Gasteiger partial charge is 0.481 e. The molecule has 0 saturated carbocycles. The molecule has 0 spiro atoms. The molecule has 19 heavy (non-hydrogen) atoms. The number of aromatic nitrogens is 2. The van der Waals surface area contributed by atoms with Gasteiger partial charge < -0.3 is 15.4 Å². The van der Waals surface area contributed by atoms with Crippen LogP contribution in [0, 0.1) is 0 Å². The second-order valence-corrected chi connectivity index (χ2v) is 5.41. The third-order valence-corrected chi connectivity index (χ3v) is 3.80. The normalized spacial score (nSPS) is 17.6. The first kappa shape index (κ1) is 14.0. The van der Waals surface area contributed by atoms with Crippen LogP contribution in [0.4, 0.5) is 5.82 Å². The van der Waals surface area contributed by atoms with Gasteiger partial charge >= 0.3 is 0 Å². The molecule has 1 fully saturated rings. The molecule has 1 aliphatic heterocycles. The number of hydrogen-bond acceptors (Lipinski definition) is 6. The van der Waals surface area contributed by atoms with E-state index >= 15 is 0 Å². The van der Waals surface area contributed by atoms with Crippen LogP contribution in [0.2, 0.25) is 0 Å². The molecule has 1 aromatic heterocycles. The second kappa shape index (κ2) is 5.71. The Morgan fingerprint density at radius 2 is 1.95 bits per heavy atom. The monoisotopic (exact) mass is 265 g/mol. The molecule has 2 heterocycles. The molecule has 106 valence electrons. The minimum absolute atomic E-state index is 0.0649. The van der Waals surface area contributed by atoms with Gasteiger partial charge in [-0.15, -0.1) is 0 Å². The molecule has 1 saturated heterocycles. The lowest BCUT2D eigenvalue weighted by molar-refractivity contribution is 0.119. The molecule has 1 aliphatic rings. The first-order valence-electron chi connectivity index (χ1n) is 6.63. The average molecular weight is 265 g/mol. The number of rotatable bonds is 4. The fourth-order valence-corrected chi connectivity index (χ4v) is 2.28. The van der Waals surface area contributed by atoms with Gasteiger partial charge in [0.25, 0.3) is 0 Å². The molecule has 0 aromatic carbocycles. The lowest BCUT2D eigenvalue weighted by atomic mass is 10.0. The number of nitrogens with two attached hydrogens (primary N) is 1. The molecule has 2 N–H and O–H groups in total. The summed E-state index contributed by atoms with van der Waals surface area (Å²) in [5, 5.41) is 0. The summed E-state index contributed by atoms with van der Waals surface area (Å²) in [4.78, 5) is 13.0. The molecule has 6 heteroatoms. The predicted octanol–water partition coefficient (Wildman–Crippen LogP) is 0.345. The third-order valence-electron chi connectivity index (χ3n) is 3.80. The molecule has 2 rings (SSSR count). The molecule has 1 aromatic rings. The van der Waals surface area contributed by atoms with Gasteiger partial charge in [0.2, 0.25) is 5.88 Å². The third kappa shape index (κ3) is 3.13.